The minimum absolute atomic E-state index is 0.00370. The van der Waals surface area contributed by atoms with Crippen molar-refractivity contribution in [2.75, 3.05) is 0 Å². The van der Waals surface area contributed by atoms with Crippen LogP contribution in [0.2, 0.25) is 5.02 Å². The van der Waals surface area contributed by atoms with E-state index in [1.165, 1.54) is 12.8 Å². The third-order valence-corrected chi connectivity index (χ3v) is 3.85. The summed E-state index contributed by atoms with van der Waals surface area (Å²) in [6.45, 7) is 0.799. The van der Waals surface area contributed by atoms with Crippen molar-refractivity contribution in [1.82, 2.24) is 5.32 Å². The van der Waals surface area contributed by atoms with E-state index in [4.69, 9.17) is 21.4 Å². The van der Waals surface area contributed by atoms with Gasteiger partial charge >= 0.3 is 0 Å². The molecule has 2 aromatic carbocycles. The van der Waals surface area contributed by atoms with E-state index < -0.39 is 0 Å². The van der Waals surface area contributed by atoms with Gasteiger partial charge < -0.3 is 15.2 Å². The number of ether oxygens (including phenoxy) is 1. The minimum Gasteiger partial charge on any atom is -0.457 e. The van der Waals surface area contributed by atoms with Crippen LogP contribution >= 0.6 is 11.6 Å². The van der Waals surface area contributed by atoms with Crippen LogP contribution < -0.4 is 10.1 Å². The Morgan fingerprint density at radius 1 is 1.14 bits per heavy atom. The summed E-state index contributed by atoms with van der Waals surface area (Å²) in [6.07, 6.45) is 2.53. The fourth-order valence-electron chi connectivity index (χ4n) is 2.12. The van der Waals surface area contributed by atoms with Crippen LogP contribution in [-0.4, -0.2) is 11.1 Å². The molecule has 0 aromatic heterocycles. The number of benzene rings is 2. The van der Waals surface area contributed by atoms with Gasteiger partial charge in [0.1, 0.15) is 11.5 Å². The Morgan fingerprint density at radius 3 is 2.67 bits per heavy atom. The molecule has 3 rings (SSSR count). The second-order valence-electron chi connectivity index (χ2n) is 5.32. The van der Waals surface area contributed by atoms with Crippen LogP contribution in [-0.2, 0) is 13.2 Å². The molecule has 21 heavy (non-hydrogen) atoms. The van der Waals surface area contributed by atoms with Crippen molar-refractivity contribution in [3.05, 3.63) is 58.6 Å². The van der Waals surface area contributed by atoms with Crippen molar-refractivity contribution in [3.8, 4) is 11.5 Å². The van der Waals surface area contributed by atoms with Crippen LogP contribution in [0.25, 0.3) is 0 Å². The maximum absolute atomic E-state index is 9.13. The van der Waals surface area contributed by atoms with Gasteiger partial charge in [-0.15, -0.1) is 0 Å². The zero-order valence-corrected chi connectivity index (χ0v) is 12.4. The molecule has 3 nitrogen and oxygen atoms in total. The number of hydrogen-bond acceptors (Lipinski definition) is 3. The quantitative estimate of drug-likeness (QED) is 0.851. The van der Waals surface area contributed by atoms with Crippen molar-refractivity contribution in [1.29, 1.82) is 0 Å². The Hall–Kier alpha value is -1.55. The Balaban J connectivity index is 1.68. The summed E-state index contributed by atoms with van der Waals surface area (Å²) < 4.78 is 5.78. The monoisotopic (exact) mass is 303 g/mol. The maximum atomic E-state index is 9.13. The van der Waals surface area contributed by atoms with Gasteiger partial charge in [-0.25, -0.2) is 0 Å². The molecule has 0 unspecified atom stereocenters. The maximum Gasteiger partial charge on any atom is 0.128 e. The van der Waals surface area contributed by atoms with Crippen LogP contribution in [0.15, 0.2) is 42.5 Å². The zero-order valence-electron chi connectivity index (χ0n) is 11.7. The molecule has 0 heterocycles. The molecular formula is C17H18ClNO2. The number of aliphatic hydroxyl groups is 1. The number of halogens is 1. The fourth-order valence-corrected chi connectivity index (χ4v) is 2.36. The largest absolute Gasteiger partial charge is 0.457 e. The van der Waals surface area contributed by atoms with Gasteiger partial charge in [0.15, 0.2) is 0 Å². The lowest BCUT2D eigenvalue weighted by atomic mass is 10.2. The Kier molecular flexibility index (Phi) is 4.44. The van der Waals surface area contributed by atoms with Gasteiger partial charge in [0.2, 0.25) is 0 Å². The van der Waals surface area contributed by atoms with E-state index in [2.05, 4.69) is 5.32 Å². The highest BCUT2D eigenvalue weighted by atomic mass is 35.5. The van der Waals surface area contributed by atoms with E-state index in [1.807, 2.05) is 42.5 Å². The highest BCUT2D eigenvalue weighted by Gasteiger charge is 2.20. The summed E-state index contributed by atoms with van der Waals surface area (Å²) in [5, 5.41) is 13.3. The van der Waals surface area contributed by atoms with Crippen molar-refractivity contribution >= 4 is 11.6 Å². The van der Waals surface area contributed by atoms with Crippen LogP contribution in [0.3, 0.4) is 0 Å². The lowest BCUT2D eigenvalue weighted by molar-refractivity contribution is 0.281. The predicted molar refractivity (Wildman–Crippen MR) is 83.8 cm³/mol. The van der Waals surface area contributed by atoms with Crippen LogP contribution in [0.1, 0.15) is 24.0 Å². The first-order valence-corrected chi connectivity index (χ1v) is 7.52. The molecule has 1 saturated carbocycles. The summed E-state index contributed by atoms with van der Waals surface area (Å²) >= 11 is 6.30. The first-order chi connectivity index (χ1) is 10.2. The van der Waals surface area contributed by atoms with Gasteiger partial charge in [-0.05, 0) is 48.2 Å². The average Bonchev–Trinajstić information content (AvgIpc) is 3.31. The van der Waals surface area contributed by atoms with Gasteiger partial charge in [-0.3, -0.25) is 0 Å². The Labute approximate surface area is 129 Å². The van der Waals surface area contributed by atoms with E-state index in [9.17, 15) is 0 Å². The molecule has 1 aliphatic carbocycles. The summed E-state index contributed by atoms with van der Waals surface area (Å²) in [5.41, 5.74) is 1.91. The molecule has 0 radical (unpaired) electrons. The second kappa shape index (κ2) is 6.48. The van der Waals surface area contributed by atoms with Gasteiger partial charge in [0, 0.05) is 17.6 Å². The van der Waals surface area contributed by atoms with Crippen molar-refractivity contribution in [2.24, 2.45) is 0 Å². The highest BCUT2D eigenvalue weighted by molar-refractivity contribution is 6.31. The summed E-state index contributed by atoms with van der Waals surface area (Å²) in [4.78, 5) is 0. The molecule has 2 aromatic rings. The highest BCUT2D eigenvalue weighted by Crippen LogP contribution is 2.28. The summed E-state index contributed by atoms with van der Waals surface area (Å²) in [7, 11) is 0. The predicted octanol–water partition coefficient (Wildman–Crippen LogP) is 3.88. The molecule has 110 valence electrons. The van der Waals surface area contributed by atoms with Gasteiger partial charge in [-0.2, -0.15) is 0 Å². The molecule has 1 aliphatic rings. The Morgan fingerprint density at radius 2 is 1.95 bits per heavy atom. The normalized spacial score (nSPS) is 14.2. The molecular weight excluding hydrogens is 286 g/mol. The fraction of sp³-hybridized carbons (Fsp3) is 0.294. The SMILES string of the molecule is OCc1cccc(Oc2ccc(CNC3CC3)c(Cl)c2)c1. The van der Waals surface area contributed by atoms with E-state index in [0.717, 1.165) is 17.7 Å². The standard InChI is InChI=1S/C17H18ClNO2/c18-17-9-16(7-4-13(17)10-19-14-5-6-14)21-15-3-1-2-12(8-15)11-20/h1-4,7-9,14,19-20H,5-6,10-11H2. The molecule has 0 atom stereocenters. The third-order valence-electron chi connectivity index (χ3n) is 3.50. The lowest BCUT2D eigenvalue weighted by Gasteiger charge is -2.10. The van der Waals surface area contributed by atoms with Crippen molar-refractivity contribution in [3.63, 3.8) is 0 Å². The van der Waals surface area contributed by atoms with E-state index in [-0.39, 0.29) is 6.61 Å². The molecule has 0 saturated heterocycles. The molecule has 1 fully saturated rings. The zero-order chi connectivity index (χ0) is 14.7. The van der Waals surface area contributed by atoms with E-state index >= 15 is 0 Å². The second-order valence-corrected chi connectivity index (χ2v) is 5.72. The molecule has 0 spiro atoms. The third kappa shape index (κ3) is 3.97. The van der Waals surface area contributed by atoms with Crippen molar-refractivity contribution < 1.29 is 9.84 Å². The number of aliphatic hydroxyl groups excluding tert-OH is 1. The number of hydrogen-bond donors (Lipinski definition) is 2. The first-order valence-electron chi connectivity index (χ1n) is 7.14. The smallest absolute Gasteiger partial charge is 0.128 e. The lowest BCUT2D eigenvalue weighted by Crippen LogP contribution is -2.15. The van der Waals surface area contributed by atoms with Crippen LogP contribution in [0.5, 0.6) is 11.5 Å². The van der Waals surface area contributed by atoms with Gasteiger partial charge in [0.05, 0.1) is 6.61 Å². The molecule has 4 heteroatoms. The van der Waals surface area contributed by atoms with Crippen molar-refractivity contribution in [2.45, 2.75) is 32.0 Å². The summed E-state index contributed by atoms with van der Waals surface area (Å²) in [5.74, 6) is 1.40. The average molecular weight is 304 g/mol. The topological polar surface area (TPSA) is 41.5 Å². The van der Waals surface area contributed by atoms with E-state index in [0.29, 0.717) is 22.6 Å². The van der Waals surface area contributed by atoms with Gasteiger partial charge in [-0.1, -0.05) is 29.8 Å². The number of rotatable bonds is 6. The first kappa shape index (κ1) is 14.4. The van der Waals surface area contributed by atoms with Crippen LogP contribution in [0.4, 0.5) is 0 Å². The molecule has 2 N–H and O–H groups in total. The molecule has 0 aliphatic heterocycles. The Bertz CT molecular complexity index is 626. The molecule has 0 amide bonds. The number of nitrogens with one attached hydrogen (secondary N) is 1. The molecule has 0 bridgehead atoms. The van der Waals surface area contributed by atoms with Crippen LogP contribution in [0, 0.1) is 0 Å². The minimum atomic E-state index is 0.00370. The van der Waals surface area contributed by atoms with E-state index in [1.54, 1.807) is 0 Å². The van der Waals surface area contributed by atoms with Gasteiger partial charge in [0.25, 0.3) is 0 Å². The summed E-state index contributed by atoms with van der Waals surface area (Å²) in [6, 6.07) is 13.8.